The van der Waals surface area contributed by atoms with Gasteiger partial charge in [-0.25, -0.2) is 4.99 Å². The van der Waals surface area contributed by atoms with Gasteiger partial charge in [0, 0.05) is 25.1 Å². The van der Waals surface area contributed by atoms with E-state index in [1.54, 1.807) is 14.2 Å². The van der Waals surface area contributed by atoms with E-state index in [1.165, 1.54) is 4.90 Å². The van der Waals surface area contributed by atoms with Crippen molar-refractivity contribution in [3.05, 3.63) is 34.9 Å². The summed E-state index contributed by atoms with van der Waals surface area (Å²) in [5.41, 5.74) is 7.78. The number of hydrogen-bond donors (Lipinski definition) is 1. The van der Waals surface area contributed by atoms with Crippen LogP contribution in [0.4, 0.5) is 0 Å². The molecule has 0 aromatic heterocycles. The van der Waals surface area contributed by atoms with E-state index in [0.29, 0.717) is 0 Å². The van der Waals surface area contributed by atoms with Crippen molar-refractivity contribution in [3.8, 4) is 12.3 Å². The van der Waals surface area contributed by atoms with Crippen molar-refractivity contribution in [2.24, 2.45) is 16.1 Å². The van der Waals surface area contributed by atoms with Crippen molar-refractivity contribution in [1.82, 2.24) is 4.90 Å². The molecule has 1 heterocycles. The van der Waals surface area contributed by atoms with Crippen LogP contribution in [0.15, 0.2) is 23.2 Å². The molecule has 25 heavy (non-hydrogen) atoms. The first-order valence-electron chi connectivity index (χ1n) is 8.74. The van der Waals surface area contributed by atoms with E-state index in [4.69, 9.17) is 21.9 Å². The fraction of sp³-hybridized carbons (Fsp3) is 0.500. The second-order valence-electron chi connectivity index (χ2n) is 7.45. The third-order valence-electron chi connectivity index (χ3n) is 6.43. The summed E-state index contributed by atoms with van der Waals surface area (Å²) in [5.74, 6) is 2.94. The maximum absolute atomic E-state index is 13.4. The summed E-state index contributed by atoms with van der Waals surface area (Å²) in [6.07, 6.45) is 10.3. The van der Waals surface area contributed by atoms with Crippen molar-refractivity contribution in [3.63, 3.8) is 0 Å². The van der Waals surface area contributed by atoms with Gasteiger partial charge in [0.05, 0.1) is 6.10 Å². The minimum absolute atomic E-state index is 0.0335. The number of nitrogens with zero attached hydrogens (tertiary/aromatic N) is 2. The first-order chi connectivity index (χ1) is 12.0. The van der Waals surface area contributed by atoms with Crippen LogP contribution in [-0.2, 0) is 21.5 Å². The number of carbonyl (C=O) groups excluding carboxylic acids is 1. The lowest BCUT2D eigenvalue weighted by atomic mass is 9.61. The molecule has 4 rings (SSSR count). The van der Waals surface area contributed by atoms with E-state index in [0.717, 1.165) is 48.8 Å². The summed E-state index contributed by atoms with van der Waals surface area (Å²) in [5, 5.41) is 0. The maximum atomic E-state index is 13.4. The summed E-state index contributed by atoms with van der Waals surface area (Å²) in [6.45, 7) is 0. The van der Waals surface area contributed by atoms with Gasteiger partial charge in [-0.05, 0) is 55.4 Å². The predicted octanol–water partition coefficient (Wildman–Crippen LogP) is 1.78. The van der Waals surface area contributed by atoms with Crippen LogP contribution in [0, 0.1) is 17.8 Å². The molecule has 1 unspecified atom stereocenters. The Bertz CT molecular complexity index is 815. The molecule has 2 spiro atoms. The van der Waals surface area contributed by atoms with Gasteiger partial charge in [-0.15, -0.1) is 6.42 Å². The maximum Gasteiger partial charge on any atom is 0.262 e. The molecule has 1 fully saturated rings. The molecule has 1 amide bonds. The summed E-state index contributed by atoms with van der Waals surface area (Å²) in [7, 11) is 3.46. The highest BCUT2D eigenvalue weighted by molar-refractivity contribution is 6.08. The Morgan fingerprint density at radius 2 is 2.12 bits per heavy atom. The smallest absolute Gasteiger partial charge is 0.262 e. The van der Waals surface area contributed by atoms with Gasteiger partial charge in [-0.1, -0.05) is 12.0 Å². The lowest BCUT2D eigenvalue weighted by molar-refractivity contribution is -0.137. The molecule has 5 nitrogen and oxygen atoms in total. The number of rotatable bonds is 1. The van der Waals surface area contributed by atoms with Crippen LogP contribution >= 0.6 is 0 Å². The number of benzene rings is 1. The molecule has 1 saturated carbocycles. The van der Waals surface area contributed by atoms with E-state index in [2.05, 4.69) is 12.0 Å². The average Bonchev–Trinajstić information content (AvgIpc) is 3.03. The number of carbonyl (C=O) groups is 1. The molecule has 1 atom stereocenters. The van der Waals surface area contributed by atoms with Gasteiger partial charge < -0.3 is 10.5 Å². The largest absolute Gasteiger partial charge is 0.381 e. The molecule has 3 aliphatic rings. The third kappa shape index (κ3) is 1.95. The van der Waals surface area contributed by atoms with Gasteiger partial charge in [-0.2, -0.15) is 0 Å². The molecule has 1 aromatic carbocycles. The second kappa shape index (κ2) is 5.34. The van der Waals surface area contributed by atoms with Crippen molar-refractivity contribution >= 4 is 11.9 Å². The quantitative estimate of drug-likeness (QED) is 0.794. The number of terminal acetylenes is 1. The highest BCUT2D eigenvalue weighted by atomic mass is 16.5. The molecule has 0 radical (unpaired) electrons. The van der Waals surface area contributed by atoms with Crippen molar-refractivity contribution in [2.45, 2.75) is 43.7 Å². The lowest BCUT2D eigenvalue weighted by Crippen LogP contribution is -2.51. The molecule has 130 valence electrons. The zero-order chi connectivity index (χ0) is 17.8. The molecule has 1 aliphatic heterocycles. The Labute approximate surface area is 148 Å². The second-order valence-corrected chi connectivity index (χ2v) is 7.45. The predicted molar refractivity (Wildman–Crippen MR) is 95.8 cm³/mol. The Hall–Kier alpha value is -2.32. The first-order valence-corrected chi connectivity index (χ1v) is 8.74. The van der Waals surface area contributed by atoms with Gasteiger partial charge in [0.1, 0.15) is 0 Å². The van der Waals surface area contributed by atoms with Gasteiger partial charge in [0.25, 0.3) is 5.91 Å². The summed E-state index contributed by atoms with van der Waals surface area (Å²) >= 11 is 0. The first kappa shape index (κ1) is 16.2. The molecular weight excluding hydrogens is 314 g/mol. The minimum Gasteiger partial charge on any atom is -0.381 e. The van der Waals surface area contributed by atoms with Gasteiger partial charge in [-0.3, -0.25) is 9.69 Å². The number of likely N-dealkylation sites (N-methyl/N-ethyl adjacent to an activating group) is 1. The zero-order valence-electron chi connectivity index (χ0n) is 14.7. The van der Waals surface area contributed by atoms with Crippen molar-refractivity contribution < 1.29 is 9.53 Å². The van der Waals surface area contributed by atoms with Crippen LogP contribution in [-0.4, -0.2) is 37.0 Å². The van der Waals surface area contributed by atoms with E-state index in [1.807, 2.05) is 12.1 Å². The van der Waals surface area contributed by atoms with E-state index < -0.39 is 5.54 Å². The zero-order valence-corrected chi connectivity index (χ0v) is 14.7. The van der Waals surface area contributed by atoms with Gasteiger partial charge in [0.2, 0.25) is 0 Å². The SMILES string of the molecule is C#Cc1ccc2c(c1)C1(N=C(N)N(C)C1=O)C1(CCC(OC)CC1)C2. The fourth-order valence-electron chi connectivity index (χ4n) is 5.02. The summed E-state index contributed by atoms with van der Waals surface area (Å²) in [4.78, 5) is 19.7. The summed E-state index contributed by atoms with van der Waals surface area (Å²) in [6, 6.07) is 5.96. The average molecular weight is 337 g/mol. The Morgan fingerprint density at radius 1 is 1.40 bits per heavy atom. The number of ether oxygens (including phenoxy) is 1. The van der Waals surface area contributed by atoms with Crippen LogP contribution < -0.4 is 5.73 Å². The number of fused-ring (bicyclic) bond motifs is 3. The molecule has 5 heteroatoms. The van der Waals surface area contributed by atoms with E-state index >= 15 is 0 Å². The van der Waals surface area contributed by atoms with Crippen LogP contribution in [0.3, 0.4) is 0 Å². The highest BCUT2D eigenvalue weighted by Gasteiger charge is 2.66. The molecule has 2 N–H and O–H groups in total. The number of nitrogens with two attached hydrogens (primary N) is 1. The van der Waals surface area contributed by atoms with Crippen molar-refractivity contribution in [1.29, 1.82) is 0 Å². The third-order valence-corrected chi connectivity index (χ3v) is 6.43. The van der Waals surface area contributed by atoms with Gasteiger partial charge in [0.15, 0.2) is 11.5 Å². The summed E-state index contributed by atoms with van der Waals surface area (Å²) < 4.78 is 5.55. The van der Waals surface area contributed by atoms with E-state index in [-0.39, 0.29) is 23.4 Å². The Balaban J connectivity index is 1.90. The molecule has 0 bridgehead atoms. The number of aliphatic imine (C=N–C) groups is 1. The molecule has 1 aromatic rings. The number of methoxy groups -OCH3 is 1. The monoisotopic (exact) mass is 337 g/mol. The molecule has 0 saturated heterocycles. The minimum atomic E-state index is -0.938. The topological polar surface area (TPSA) is 67.9 Å². The van der Waals surface area contributed by atoms with Crippen LogP contribution in [0.5, 0.6) is 0 Å². The van der Waals surface area contributed by atoms with E-state index in [9.17, 15) is 4.79 Å². The Kier molecular flexibility index (Phi) is 3.45. The fourth-order valence-corrected chi connectivity index (χ4v) is 5.02. The lowest BCUT2D eigenvalue weighted by Gasteiger charge is -2.45. The van der Waals surface area contributed by atoms with Crippen molar-refractivity contribution in [2.75, 3.05) is 14.2 Å². The number of hydrogen-bond acceptors (Lipinski definition) is 4. The standard InChI is InChI=1S/C20H23N3O2/c1-4-13-5-6-14-12-19(9-7-15(25-3)8-10-19)20(16(14)11-13)17(24)23(2)18(21)22-20/h1,5-6,11,15H,7-10,12H2,2-3H3,(H2,21,22). The highest BCUT2D eigenvalue weighted by Crippen LogP contribution is 2.61. The molecular formula is C20H23N3O2. The normalized spacial score (nSPS) is 33.6. The van der Waals surface area contributed by atoms with Crippen LogP contribution in [0.25, 0.3) is 0 Å². The number of amides is 1. The van der Waals surface area contributed by atoms with Crippen LogP contribution in [0.1, 0.15) is 42.4 Å². The Morgan fingerprint density at radius 3 is 2.68 bits per heavy atom. The van der Waals surface area contributed by atoms with Crippen LogP contribution in [0.2, 0.25) is 0 Å². The number of guanidine groups is 1. The van der Waals surface area contributed by atoms with Gasteiger partial charge >= 0.3 is 0 Å². The molecule has 2 aliphatic carbocycles.